The number of hydrogen-bond donors (Lipinski definition) is 1. The number of aliphatic carboxylic acids is 1. The Labute approximate surface area is 135 Å². The number of nitrogens with zero attached hydrogens (tertiary/aromatic N) is 1. The van der Waals surface area contributed by atoms with Crippen molar-refractivity contribution in [2.75, 3.05) is 18.1 Å². The molecule has 0 saturated carbocycles. The summed E-state index contributed by atoms with van der Waals surface area (Å²) in [6, 6.07) is 6.12. The van der Waals surface area contributed by atoms with Crippen LogP contribution in [0.2, 0.25) is 0 Å². The van der Waals surface area contributed by atoms with Gasteiger partial charge >= 0.3 is 5.97 Å². The van der Waals surface area contributed by atoms with Gasteiger partial charge in [-0.25, -0.2) is 8.42 Å². The molecular formula is C12H14INO4S2. The van der Waals surface area contributed by atoms with Crippen LogP contribution in [0.5, 0.6) is 0 Å². The minimum absolute atomic E-state index is 0.156. The number of thioether (sulfide) groups is 1. The Morgan fingerprint density at radius 1 is 1.40 bits per heavy atom. The fraction of sp³-hybridized carbons (Fsp3) is 0.417. The number of carboxylic acid groups (broad SMARTS) is 1. The molecule has 1 aromatic rings. The molecule has 1 fully saturated rings. The van der Waals surface area contributed by atoms with Crippen molar-refractivity contribution in [2.24, 2.45) is 0 Å². The van der Waals surface area contributed by atoms with E-state index in [4.69, 9.17) is 5.11 Å². The molecule has 1 unspecified atom stereocenters. The van der Waals surface area contributed by atoms with E-state index in [2.05, 4.69) is 22.6 Å². The van der Waals surface area contributed by atoms with Crippen LogP contribution in [0.1, 0.15) is 6.42 Å². The van der Waals surface area contributed by atoms with Crippen molar-refractivity contribution in [3.63, 3.8) is 0 Å². The van der Waals surface area contributed by atoms with Crippen LogP contribution in [0.4, 0.5) is 0 Å². The zero-order valence-corrected chi connectivity index (χ0v) is 14.3. The van der Waals surface area contributed by atoms with Crippen molar-refractivity contribution >= 4 is 50.3 Å². The fourth-order valence-electron chi connectivity index (χ4n) is 2.06. The lowest BCUT2D eigenvalue weighted by Crippen LogP contribution is -2.46. The second-order valence-corrected chi connectivity index (χ2v) is 8.68. The molecule has 0 aliphatic carbocycles. The minimum Gasteiger partial charge on any atom is -0.481 e. The van der Waals surface area contributed by atoms with Gasteiger partial charge in [0.2, 0.25) is 10.0 Å². The van der Waals surface area contributed by atoms with Crippen molar-refractivity contribution < 1.29 is 18.3 Å². The first-order valence-corrected chi connectivity index (χ1v) is 9.65. The average Bonchev–Trinajstić information content (AvgIpc) is 2.39. The zero-order chi connectivity index (χ0) is 14.8. The maximum atomic E-state index is 12.6. The van der Waals surface area contributed by atoms with Gasteiger partial charge in [0.15, 0.2) is 0 Å². The van der Waals surface area contributed by atoms with Gasteiger partial charge in [-0.2, -0.15) is 16.1 Å². The number of hydrogen-bond acceptors (Lipinski definition) is 4. The first-order valence-electron chi connectivity index (χ1n) is 5.98. The number of benzene rings is 1. The molecule has 0 radical (unpaired) electrons. The van der Waals surface area contributed by atoms with Crippen LogP contribution < -0.4 is 0 Å². The van der Waals surface area contributed by atoms with Crippen LogP contribution >= 0.6 is 34.4 Å². The predicted octanol–water partition coefficient (Wildman–Crippen LogP) is 1.87. The van der Waals surface area contributed by atoms with Gasteiger partial charge in [-0.3, -0.25) is 4.79 Å². The van der Waals surface area contributed by atoms with Gasteiger partial charge in [0.25, 0.3) is 0 Å². The first kappa shape index (κ1) is 16.1. The maximum Gasteiger partial charge on any atom is 0.305 e. The number of carbonyl (C=O) groups is 1. The smallest absolute Gasteiger partial charge is 0.305 e. The van der Waals surface area contributed by atoms with Gasteiger partial charge in [0.05, 0.1) is 11.3 Å². The van der Waals surface area contributed by atoms with E-state index in [0.29, 0.717) is 18.1 Å². The normalized spacial score (nSPS) is 20.8. The molecule has 1 aromatic carbocycles. The standard InChI is InChI=1S/C12H14INO4S2/c13-9-1-3-11(4-2-9)20(17,18)14-5-6-19-8-10(14)7-12(15)16/h1-4,10H,5-8H2,(H,15,16). The van der Waals surface area contributed by atoms with Crippen LogP contribution in [0.3, 0.4) is 0 Å². The van der Waals surface area contributed by atoms with E-state index in [1.807, 2.05) is 0 Å². The molecule has 0 spiro atoms. The summed E-state index contributed by atoms with van der Waals surface area (Å²) in [4.78, 5) is 11.1. The molecule has 0 bridgehead atoms. The first-order chi connectivity index (χ1) is 9.41. The number of carboxylic acids is 1. The minimum atomic E-state index is -3.62. The van der Waals surface area contributed by atoms with E-state index in [9.17, 15) is 13.2 Å². The number of halogens is 1. The summed E-state index contributed by atoms with van der Waals surface area (Å²) in [6.07, 6.45) is -0.156. The third kappa shape index (κ3) is 3.66. The van der Waals surface area contributed by atoms with Crippen LogP contribution in [0, 0.1) is 3.57 Å². The molecule has 2 rings (SSSR count). The Morgan fingerprint density at radius 2 is 2.05 bits per heavy atom. The van der Waals surface area contributed by atoms with Crippen LogP contribution in [-0.2, 0) is 14.8 Å². The highest BCUT2D eigenvalue weighted by molar-refractivity contribution is 14.1. The molecule has 1 aliphatic heterocycles. The van der Waals surface area contributed by atoms with Gasteiger partial charge in [-0.05, 0) is 46.9 Å². The topological polar surface area (TPSA) is 74.7 Å². The van der Waals surface area contributed by atoms with E-state index in [1.54, 1.807) is 36.0 Å². The lowest BCUT2D eigenvalue weighted by atomic mass is 10.2. The molecule has 0 amide bonds. The quantitative estimate of drug-likeness (QED) is 0.743. The molecule has 1 N–H and O–H groups in total. The fourth-order valence-corrected chi connectivity index (χ4v) is 5.32. The molecule has 20 heavy (non-hydrogen) atoms. The van der Waals surface area contributed by atoms with E-state index in [0.717, 1.165) is 3.57 Å². The summed E-state index contributed by atoms with van der Waals surface area (Å²) in [5.41, 5.74) is 0. The number of rotatable bonds is 4. The van der Waals surface area contributed by atoms with Gasteiger partial charge in [-0.1, -0.05) is 0 Å². The van der Waals surface area contributed by atoms with Gasteiger partial charge < -0.3 is 5.11 Å². The monoisotopic (exact) mass is 427 g/mol. The molecule has 110 valence electrons. The highest BCUT2D eigenvalue weighted by atomic mass is 127. The summed E-state index contributed by atoms with van der Waals surface area (Å²) < 4.78 is 27.5. The molecule has 1 heterocycles. The third-order valence-corrected chi connectivity index (χ3v) is 6.78. The second kappa shape index (κ2) is 6.63. The van der Waals surface area contributed by atoms with Crippen LogP contribution in [-0.4, -0.2) is 47.9 Å². The molecule has 5 nitrogen and oxygen atoms in total. The lowest BCUT2D eigenvalue weighted by Gasteiger charge is -2.33. The number of sulfonamides is 1. The summed E-state index contributed by atoms with van der Waals surface area (Å²) in [6.45, 7) is 0.358. The highest BCUT2D eigenvalue weighted by Crippen LogP contribution is 2.26. The van der Waals surface area contributed by atoms with Gasteiger partial charge in [0, 0.05) is 27.7 Å². The largest absolute Gasteiger partial charge is 0.481 e. The van der Waals surface area contributed by atoms with Crippen molar-refractivity contribution in [3.05, 3.63) is 27.8 Å². The molecule has 1 aliphatic rings. The van der Waals surface area contributed by atoms with E-state index in [-0.39, 0.29) is 11.3 Å². The summed E-state index contributed by atoms with van der Waals surface area (Å²) in [5.74, 6) is 0.246. The average molecular weight is 427 g/mol. The van der Waals surface area contributed by atoms with E-state index < -0.39 is 22.0 Å². The summed E-state index contributed by atoms with van der Waals surface area (Å²) >= 11 is 3.70. The summed E-state index contributed by atoms with van der Waals surface area (Å²) in [5, 5.41) is 8.92. The molecule has 0 aromatic heterocycles. The molecule has 1 atom stereocenters. The highest BCUT2D eigenvalue weighted by Gasteiger charge is 2.34. The van der Waals surface area contributed by atoms with Crippen molar-refractivity contribution in [3.8, 4) is 0 Å². The van der Waals surface area contributed by atoms with Crippen molar-refractivity contribution in [1.82, 2.24) is 4.31 Å². The van der Waals surface area contributed by atoms with Crippen molar-refractivity contribution in [2.45, 2.75) is 17.4 Å². The Bertz CT molecular complexity index is 588. The van der Waals surface area contributed by atoms with Gasteiger partial charge in [-0.15, -0.1) is 0 Å². The maximum absolute atomic E-state index is 12.6. The van der Waals surface area contributed by atoms with Crippen LogP contribution in [0.25, 0.3) is 0 Å². The second-order valence-electron chi connectivity index (χ2n) is 4.40. The Balaban J connectivity index is 2.30. The zero-order valence-electron chi connectivity index (χ0n) is 10.5. The third-order valence-electron chi connectivity index (χ3n) is 3.00. The summed E-state index contributed by atoms with van der Waals surface area (Å²) in [7, 11) is -3.62. The molecule has 1 saturated heterocycles. The van der Waals surface area contributed by atoms with E-state index in [1.165, 1.54) is 4.31 Å². The van der Waals surface area contributed by atoms with Crippen LogP contribution in [0.15, 0.2) is 29.2 Å². The molecular weight excluding hydrogens is 413 g/mol. The lowest BCUT2D eigenvalue weighted by molar-refractivity contribution is -0.137. The SMILES string of the molecule is O=C(O)CC1CSCCN1S(=O)(=O)c1ccc(I)cc1. The van der Waals surface area contributed by atoms with Crippen molar-refractivity contribution in [1.29, 1.82) is 0 Å². The van der Waals surface area contributed by atoms with E-state index >= 15 is 0 Å². The predicted molar refractivity (Wildman–Crippen MR) is 86.4 cm³/mol. The Morgan fingerprint density at radius 3 is 2.65 bits per heavy atom. The Hall–Kier alpha value is -0.320. The Kier molecular flexibility index (Phi) is 5.32. The van der Waals surface area contributed by atoms with Gasteiger partial charge in [0.1, 0.15) is 0 Å². The molecule has 8 heteroatoms.